The van der Waals surface area contributed by atoms with Crippen LogP contribution in [0.5, 0.6) is 5.75 Å². The number of alkyl halides is 1. The molecule has 3 rings (SSSR count). The normalized spacial score (nSPS) is 26.6. The number of allylic oxidation sites excluding steroid dienone is 3. The van der Waals surface area contributed by atoms with Crippen LogP contribution in [0.15, 0.2) is 48.6 Å². The van der Waals surface area contributed by atoms with E-state index in [4.69, 9.17) is 16.3 Å². The second kappa shape index (κ2) is 8.08. The molecule has 1 aromatic rings. The average molecular weight is 380 g/mol. The molecule has 25 heavy (non-hydrogen) atoms. The Labute approximate surface area is 155 Å². The fourth-order valence-electron chi connectivity index (χ4n) is 2.69. The van der Waals surface area contributed by atoms with Crippen LogP contribution in [0.25, 0.3) is 0 Å². The van der Waals surface area contributed by atoms with Crippen LogP contribution in [-0.2, 0) is 11.2 Å². The van der Waals surface area contributed by atoms with Crippen molar-refractivity contribution in [3.63, 3.8) is 0 Å². The van der Waals surface area contributed by atoms with Crippen LogP contribution in [0.3, 0.4) is 0 Å². The number of amides is 2. The Kier molecular flexibility index (Phi) is 5.83. The molecule has 0 spiro atoms. The number of halogens is 1. The summed E-state index contributed by atoms with van der Waals surface area (Å²) in [6, 6.07) is 7.28. The minimum absolute atomic E-state index is 0.140. The third kappa shape index (κ3) is 4.66. The highest BCUT2D eigenvalue weighted by Gasteiger charge is 2.31. The predicted molar refractivity (Wildman–Crippen MR) is 98.0 cm³/mol. The van der Waals surface area contributed by atoms with Gasteiger partial charge < -0.3 is 9.84 Å². The van der Waals surface area contributed by atoms with Gasteiger partial charge >= 0.3 is 0 Å². The van der Waals surface area contributed by atoms with Crippen LogP contribution in [0.2, 0.25) is 0 Å². The number of aliphatic hydroxyl groups is 1. The zero-order chi connectivity index (χ0) is 17.8. The Balaban J connectivity index is 1.51. The third-order valence-corrected chi connectivity index (χ3v) is 5.50. The van der Waals surface area contributed by atoms with E-state index in [1.54, 1.807) is 12.1 Å². The van der Waals surface area contributed by atoms with Crippen LogP contribution >= 0.6 is 23.4 Å². The molecule has 0 bridgehead atoms. The topological polar surface area (TPSA) is 75.6 Å². The van der Waals surface area contributed by atoms with E-state index in [0.29, 0.717) is 12.2 Å². The minimum Gasteiger partial charge on any atom is -0.491 e. The number of thioether (sulfide) groups is 1. The van der Waals surface area contributed by atoms with E-state index in [9.17, 15) is 14.7 Å². The summed E-state index contributed by atoms with van der Waals surface area (Å²) in [6.45, 7) is 0.140. The first-order valence-electron chi connectivity index (χ1n) is 7.93. The van der Waals surface area contributed by atoms with Crippen molar-refractivity contribution in [1.29, 1.82) is 0 Å². The fraction of sp³-hybridized carbons (Fsp3) is 0.333. The zero-order valence-electron chi connectivity index (χ0n) is 13.3. The molecule has 3 unspecified atom stereocenters. The van der Waals surface area contributed by atoms with E-state index in [0.717, 1.165) is 17.3 Å². The van der Waals surface area contributed by atoms with E-state index < -0.39 is 6.10 Å². The summed E-state index contributed by atoms with van der Waals surface area (Å²) >= 11 is 7.19. The molecule has 0 saturated carbocycles. The molecule has 2 N–H and O–H groups in total. The van der Waals surface area contributed by atoms with Gasteiger partial charge in [0.25, 0.3) is 5.24 Å². The maximum absolute atomic E-state index is 11.6. The number of hydrogen-bond donors (Lipinski definition) is 2. The van der Waals surface area contributed by atoms with Gasteiger partial charge in [0.1, 0.15) is 12.4 Å². The molecule has 1 heterocycles. The molecule has 7 heteroatoms. The van der Waals surface area contributed by atoms with Crippen LogP contribution in [-0.4, -0.2) is 39.6 Å². The highest BCUT2D eigenvalue weighted by atomic mass is 35.5. The zero-order valence-corrected chi connectivity index (χ0v) is 14.9. The van der Waals surface area contributed by atoms with Crippen LogP contribution in [0.4, 0.5) is 4.79 Å². The molecule has 1 aliphatic heterocycles. The summed E-state index contributed by atoms with van der Waals surface area (Å²) in [5.74, 6) is 0.203. The third-order valence-electron chi connectivity index (χ3n) is 4.08. The highest BCUT2D eigenvalue weighted by molar-refractivity contribution is 8.15. The van der Waals surface area contributed by atoms with E-state index >= 15 is 0 Å². The number of hydrogen-bond acceptors (Lipinski definition) is 5. The largest absolute Gasteiger partial charge is 0.491 e. The van der Waals surface area contributed by atoms with Gasteiger partial charge in [-0.1, -0.05) is 48.2 Å². The van der Waals surface area contributed by atoms with Gasteiger partial charge in [0.15, 0.2) is 0 Å². The van der Waals surface area contributed by atoms with Crippen LogP contribution < -0.4 is 10.1 Å². The summed E-state index contributed by atoms with van der Waals surface area (Å²) < 4.78 is 5.63. The van der Waals surface area contributed by atoms with Crippen molar-refractivity contribution in [2.75, 3.05) is 6.61 Å². The quantitative estimate of drug-likeness (QED) is 0.743. The maximum Gasteiger partial charge on any atom is 0.286 e. The number of benzene rings is 1. The van der Waals surface area contributed by atoms with E-state index in [1.165, 1.54) is 0 Å². The Hall–Kier alpha value is -1.76. The van der Waals surface area contributed by atoms with Crippen LogP contribution in [0.1, 0.15) is 5.56 Å². The number of ether oxygens (including phenoxy) is 1. The summed E-state index contributed by atoms with van der Waals surface area (Å²) in [7, 11) is 0. The second-order valence-electron chi connectivity index (χ2n) is 5.90. The molecule has 1 aliphatic carbocycles. The standard InChI is InChI=1S/C18H18ClNO4S/c19-14-4-2-1-3-13(14)15(21)10-24-12-7-5-11(6-8-12)9-16-17(22)20-18(23)25-16/h1-8,13-16,21H,9-10H2,(H,20,22,23)/t13?,14?,15-,16?/m1/s1. The maximum atomic E-state index is 11.6. The summed E-state index contributed by atoms with van der Waals surface area (Å²) in [5, 5.41) is 11.6. The smallest absolute Gasteiger partial charge is 0.286 e. The molecule has 0 radical (unpaired) electrons. The van der Waals surface area contributed by atoms with Crippen molar-refractivity contribution in [2.45, 2.75) is 23.2 Å². The van der Waals surface area contributed by atoms with Crippen molar-refractivity contribution < 1.29 is 19.4 Å². The molecule has 0 aromatic heterocycles. The Morgan fingerprint density at radius 3 is 2.56 bits per heavy atom. The number of rotatable bonds is 6. The number of imide groups is 1. The molecular formula is C18H18ClNO4S. The van der Waals surface area contributed by atoms with Crippen molar-refractivity contribution >= 4 is 34.5 Å². The molecule has 1 saturated heterocycles. The Bertz CT molecular complexity index is 704. The lowest BCUT2D eigenvalue weighted by molar-refractivity contribution is -0.118. The van der Waals surface area contributed by atoms with Crippen molar-refractivity contribution in [3.8, 4) is 5.75 Å². The molecule has 1 fully saturated rings. The van der Waals surface area contributed by atoms with E-state index in [1.807, 2.05) is 36.4 Å². The van der Waals surface area contributed by atoms with Crippen molar-refractivity contribution in [3.05, 3.63) is 54.1 Å². The summed E-state index contributed by atoms with van der Waals surface area (Å²) in [4.78, 5) is 22.8. The lowest BCUT2D eigenvalue weighted by Gasteiger charge is -2.24. The van der Waals surface area contributed by atoms with Gasteiger partial charge in [-0.2, -0.15) is 0 Å². The van der Waals surface area contributed by atoms with Gasteiger partial charge in [-0.25, -0.2) is 0 Å². The van der Waals surface area contributed by atoms with E-state index in [2.05, 4.69) is 5.32 Å². The molecule has 5 nitrogen and oxygen atoms in total. The van der Waals surface area contributed by atoms with Gasteiger partial charge in [-0.15, -0.1) is 11.6 Å². The summed E-state index contributed by atoms with van der Waals surface area (Å²) in [5.41, 5.74) is 0.941. The monoisotopic (exact) mass is 379 g/mol. The SMILES string of the molecule is O=C1NC(=O)C(Cc2ccc(OC[C@@H](O)C3C=CC=CC3Cl)cc2)S1. The first-order chi connectivity index (χ1) is 12.0. The van der Waals surface area contributed by atoms with Gasteiger partial charge in [0.05, 0.1) is 16.7 Å². The lowest BCUT2D eigenvalue weighted by atomic mass is 9.95. The van der Waals surface area contributed by atoms with Gasteiger partial charge in [-0.3, -0.25) is 14.9 Å². The number of carbonyl (C=O) groups is 2. The fourth-order valence-corrected chi connectivity index (χ4v) is 3.89. The highest BCUT2D eigenvalue weighted by Crippen LogP contribution is 2.25. The number of aliphatic hydroxyl groups excluding tert-OH is 1. The molecular weight excluding hydrogens is 362 g/mol. The Morgan fingerprint density at radius 2 is 1.92 bits per heavy atom. The molecule has 2 amide bonds. The van der Waals surface area contributed by atoms with Gasteiger partial charge in [0, 0.05) is 5.92 Å². The molecule has 4 atom stereocenters. The second-order valence-corrected chi connectivity index (χ2v) is 7.58. The van der Waals surface area contributed by atoms with Crippen molar-refractivity contribution in [2.24, 2.45) is 5.92 Å². The molecule has 1 aromatic carbocycles. The minimum atomic E-state index is -0.701. The Morgan fingerprint density at radius 1 is 1.20 bits per heavy atom. The molecule has 2 aliphatic rings. The van der Waals surface area contributed by atoms with E-state index in [-0.39, 0.29) is 34.3 Å². The number of carbonyl (C=O) groups excluding carboxylic acids is 2. The predicted octanol–water partition coefficient (Wildman–Crippen LogP) is 2.67. The van der Waals surface area contributed by atoms with Gasteiger partial charge in [0.2, 0.25) is 5.91 Å². The van der Waals surface area contributed by atoms with Crippen LogP contribution in [0, 0.1) is 5.92 Å². The first-order valence-corrected chi connectivity index (χ1v) is 9.25. The average Bonchev–Trinajstić information content (AvgIpc) is 2.91. The number of nitrogens with one attached hydrogen (secondary N) is 1. The first kappa shape index (κ1) is 18.0. The summed E-state index contributed by atoms with van der Waals surface area (Å²) in [6.07, 6.45) is 7.22. The molecule has 132 valence electrons. The van der Waals surface area contributed by atoms with Gasteiger partial charge in [-0.05, 0) is 24.1 Å². The van der Waals surface area contributed by atoms with Crippen molar-refractivity contribution in [1.82, 2.24) is 5.32 Å². The lowest BCUT2D eigenvalue weighted by Crippen LogP contribution is -2.32.